The third-order valence-corrected chi connectivity index (χ3v) is 3.72. The van der Waals surface area contributed by atoms with Gasteiger partial charge >= 0.3 is 12.0 Å². The van der Waals surface area contributed by atoms with E-state index < -0.39 is 18.0 Å². The molecule has 1 aliphatic rings. The number of nitrogens with two attached hydrogens (primary N) is 1. The molecule has 1 aromatic heterocycles. The summed E-state index contributed by atoms with van der Waals surface area (Å²) in [4.78, 5) is 29.8. The molecule has 0 aliphatic heterocycles. The number of carboxylic acid groups (broad SMARTS) is 1. The summed E-state index contributed by atoms with van der Waals surface area (Å²) in [6.45, 7) is 0. The van der Waals surface area contributed by atoms with Gasteiger partial charge in [-0.25, -0.2) is 14.6 Å². The molecule has 0 spiro atoms. The molecule has 116 valence electrons. The maximum atomic E-state index is 11.9. The highest BCUT2D eigenvalue weighted by Crippen LogP contribution is 2.16. The lowest BCUT2D eigenvalue weighted by atomic mass is 9.91. The number of carboxylic acids is 1. The van der Waals surface area contributed by atoms with Crippen LogP contribution < -0.4 is 16.4 Å². The number of carbonyl (C=O) groups excluding carboxylic acids is 1. The quantitative estimate of drug-likeness (QED) is 0.520. The highest BCUT2D eigenvalue weighted by molar-refractivity contribution is 5.82. The molecule has 21 heavy (non-hydrogen) atoms. The van der Waals surface area contributed by atoms with Crippen LogP contribution in [0.2, 0.25) is 0 Å². The van der Waals surface area contributed by atoms with Crippen LogP contribution in [0.25, 0.3) is 0 Å². The molecule has 0 radical (unpaired) electrons. The van der Waals surface area contributed by atoms with Gasteiger partial charge in [0.1, 0.15) is 6.04 Å². The van der Waals surface area contributed by atoms with Crippen LogP contribution in [0.3, 0.4) is 0 Å². The first-order valence-electron chi connectivity index (χ1n) is 7.09. The van der Waals surface area contributed by atoms with Crippen LogP contribution in [0, 0.1) is 0 Å². The second-order valence-electron chi connectivity index (χ2n) is 5.34. The van der Waals surface area contributed by atoms with Gasteiger partial charge in [-0.3, -0.25) is 0 Å². The maximum Gasteiger partial charge on any atom is 0.326 e. The van der Waals surface area contributed by atoms with Gasteiger partial charge in [-0.05, 0) is 12.8 Å². The highest BCUT2D eigenvalue weighted by atomic mass is 16.4. The Kier molecular flexibility index (Phi) is 5.15. The molecule has 1 aromatic rings. The van der Waals surface area contributed by atoms with Crippen LogP contribution >= 0.6 is 0 Å². The highest BCUT2D eigenvalue weighted by Gasteiger charge is 2.26. The summed E-state index contributed by atoms with van der Waals surface area (Å²) >= 11 is 0. The fourth-order valence-corrected chi connectivity index (χ4v) is 2.52. The van der Waals surface area contributed by atoms with E-state index in [0.29, 0.717) is 5.69 Å². The molecule has 1 aliphatic carbocycles. The number of imidazole rings is 1. The van der Waals surface area contributed by atoms with Crippen LogP contribution in [-0.2, 0) is 11.2 Å². The minimum absolute atomic E-state index is 0.0691. The summed E-state index contributed by atoms with van der Waals surface area (Å²) in [6.07, 6.45) is 6.95. The molecule has 8 nitrogen and oxygen atoms in total. The van der Waals surface area contributed by atoms with Gasteiger partial charge in [0.25, 0.3) is 0 Å². The second kappa shape index (κ2) is 7.07. The fraction of sp³-hybridized carbons (Fsp3) is 0.615. The topological polar surface area (TPSA) is 133 Å². The number of hydrogen-bond acceptors (Lipinski definition) is 4. The van der Waals surface area contributed by atoms with Crippen molar-refractivity contribution in [3.63, 3.8) is 0 Å². The fourth-order valence-electron chi connectivity index (χ4n) is 2.52. The van der Waals surface area contributed by atoms with Gasteiger partial charge in [-0.1, -0.05) is 12.8 Å². The number of aliphatic carboxylic acids is 1. The van der Waals surface area contributed by atoms with Gasteiger partial charge in [0.15, 0.2) is 0 Å². The van der Waals surface area contributed by atoms with E-state index in [1.165, 1.54) is 12.5 Å². The summed E-state index contributed by atoms with van der Waals surface area (Å²) in [5, 5.41) is 14.4. The largest absolute Gasteiger partial charge is 0.480 e. The average Bonchev–Trinajstić information content (AvgIpc) is 2.93. The van der Waals surface area contributed by atoms with Crippen LogP contribution in [0.5, 0.6) is 0 Å². The number of aromatic nitrogens is 2. The van der Waals surface area contributed by atoms with E-state index in [0.717, 1.165) is 25.7 Å². The molecule has 1 heterocycles. The number of nitrogens with zero attached hydrogens (tertiary/aromatic N) is 1. The van der Waals surface area contributed by atoms with Gasteiger partial charge < -0.3 is 26.5 Å². The van der Waals surface area contributed by atoms with E-state index in [-0.39, 0.29) is 18.5 Å². The lowest BCUT2D eigenvalue weighted by Gasteiger charge is -2.29. The Morgan fingerprint density at radius 3 is 2.86 bits per heavy atom. The Bertz CT molecular complexity index is 476. The number of aromatic amines is 1. The van der Waals surface area contributed by atoms with E-state index in [2.05, 4.69) is 20.6 Å². The number of H-pyrrole nitrogens is 1. The van der Waals surface area contributed by atoms with Gasteiger partial charge in [0.05, 0.1) is 6.33 Å². The Balaban J connectivity index is 1.87. The van der Waals surface area contributed by atoms with E-state index >= 15 is 0 Å². The molecule has 1 fully saturated rings. The van der Waals surface area contributed by atoms with Crippen molar-refractivity contribution >= 4 is 12.0 Å². The third kappa shape index (κ3) is 4.45. The van der Waals surface area contributed by atoms with E-state index in [4.69, 9.17) is 5.73 Å². The molecule has 0 aromatic carbocycles. The number of amides is 2. The van der Waals surface area contributed by atoms with Crippen LogP contribution in [0.15, 0.2) is 12.5 Å². The molecule has 0 saturated heterocycles. The van der Waals surface area contributed by atoms with Crippen molar-refractivity contribution in [2.45, 2.75) is 50.2 Å². The van der Waals surface area contributed by atoms with Crippen molar-refractivity contribution in [2.75, 3.05) is 0 Å². The molecule has 6 N–H and O–H groups in total. The Labute approximate surface area is 122 Å². The van der Waals surface area contributed by atoms with Crippen molar-refractivity contribution in [3.8, 4) is 0 Å². The Morgan fingerprint density at radius 2 is 2.24 bits per heavy atom. The lowest BCUT2D eigenvalue weighted by Crippen LogP contribution is -2.55. The molecule has 2 amide bonds. The molecule has 3 atom stereocenters. The van der Waals surface area contributed by atoms with Crippen LogP contribution in [0.4, 0.5) is 4.79 Å². The first-order valence-corrected chi connectivity index (χ1v) is 7.09. The minimum atomic E-state index is -1.09. The van der Waals surface area contributed by atoms with Crippen LogP contribution in [-0.4, -0.2) is 45.2 Å². The molecule has 2 unspecified atom stereocenters. The number of rotatable bonds is 5. The van der Waals surface area contributed by atoms with Crippen molar-refractivity contribution in [1.82, 2.24) is 20.6 Å². The number of nitrogens with one attached hydrogen (secondary N) is 3. The van der Waals surface area contributed by atoms with E-state index in [1.807, 2.05) is 0 Å². The summed E-state index contributed by atoms with van der Waals surface area (Å²) in [7, 11) is 0. The van der Waals surface area contributed by atoms with Crippen molar-refractivity contribution in [2.24, 2.45) is 5.73 Å². The molecular formula is C13H21N5O3. The summed E-state index contributed by atoms with van der Waals surface area (Å²) in [5.41, 5.74) is 6.61. The zero-order valence-electron chi connectivity index (χ0n) is 11.7. The lowest BCUT2D eigenvalue weighted by molar-refractivity contribution is -0.139. The maximum absolute atomic E-state index is 11.9. The third-order valence-electron chi connectivity index (χ3n) is 3.72. The van der Waals surface area contributed by atoms with E-state index in [9.17, 15) is 14.7 Å². The predicted molar refractivity (Wildman–Crippen MR) is 75.6 cm³/mol. The van der Waals surface area contributed by atoms with Gasteiger partial charge in [0.2, 0.25) is 0 Å². The number of carbonyl (C=O) groups is 2. The molecular weight excluding hydrogens is 274 g/mol. The van der Waals surface area contributed by atoms with E-state index in [1.54, 1.807) is 0 Å². The predicted octanol–water partition coefficient (Wildman–Crippen LogP) is -0.0255. The monoisotopic (exact) mass is 295 g/mol. The van der Waals surface area contributed by atoms with Crippen molar-refractivity contribution in [3.05, 3.63) is 18.2 Å². The SMILES string of the molecule is NC1CCCCC1NC(=O)N[C@@H](Cc1cnc[nH]1)C(=O)O. The molecule has 1 saturated carbocycles. The summed E-state index contributed by atoms with van der Waals surface area (Å²) in [5.74, 6) is -1.09. The first kappa shape index (κ1) is 15.3. The van der Waals surface area contributed by atoms with Crippen LogP contribution in [0.1, 0.15) is 31.4 Å². The average molecular weight is 295 g/mol. The normalized spacial score (nSPS) is 23.3. The second-order valence-corrected chi connectivity index (χ2v) is 5.34. The Hall–Kier alpha value is -2.09. The molecule has 0 bridgehead atoms. The Morgan fingerprint density at radius 1 is 1.48 bits per heavy atom. The first-order chi connectivity index (χ1) is 10.1. The summed E-state index contributed by atoms with van der Waals surface area (Å²) in [6, 6.07) is -1.67. The zero-order chi connectivity index (χ0) is 15.2. The number of urea groups is 1. The smallest absolute Gasteiger partial charge is 0.326 e. The van der Waals surface area contributed by atoms with Gasteiger partial charge in [0, 0.05) is 30.4 Å². The van der Waals surface area contributed by atoms with Gasteiger partial charge in [-0.2, -0.15) is 0 Å². The van der Waals surface area contributed by atoms with Gasteiger partial charge in [-0.15, -0.1) is 0 Å². The van der Waals surface area contributed by atoms with Crippen molar-refractivity contribution in [1.29, 1.82) is 0 Å². The number of hydrogen-bond donors (Lipinski definition) is 5. The molecule has 2 rings (SSSR count). The summed E-state index contributed by atoms with van der Waals surface area (Å²) < 4.78 is 0. The standard InChI is InChI=1S/C13H21N5O3/c14-9-3-1-2-4-10(9)17-13(21)18-11(12(19)20)5-8-6-15-7-16-8/h6-7,9-11H,1-5,14H2,(H,15,16)(H,19,20)(H2,17,18,21)/t9?,10?,11-/m0/s1. The molecule has 8 heteroatoms. The minimum Gasteiger partial charge on any atom is -0.480 e. The van der Waals surface area contributed by atoms with Crippen molar-refractivity contribution < 1.29 is 14.7 Å². The zero-order valence-corrected chi connectivity index (χ0v) is 11.7.